The number of nitrogens with two attached hydrogens (primary N) is 2. The van der Waals surface area contributed by atoms with Gasteiger partial charge in [0.2, 0.25) is 23.6 Å². The standard InChI is InChI=1S/C24H32N6O8/c1-11(2)20(24(37)38)30-23(36)17(9-19(32)33)29-22(35)16(8-18(26)31)28-21(34)14(25)7-12-10-27-15-6-4-3-5-13(12)15/h3-6,10-11,14,16-17,20,27H,7-9,25H2,1-2H3,(H2,26,31)(H,28,34)(H,29,35)(H,30,36)(H,32,33)(H,37,38). The predicted molar refractivity (Wildman–Crippen MR) is 134 cm³/mol. The summed E-state index contributed by atoms with van der Waals surface area (Å²) in [7, 11) is 0. The molecule has 10 N–H and O–H groups in total. The largest absolute Gasteiger partial charge is 0.481 e. The summed E-state index contributed by atoms with van der Waals surface area (Å²) in [5.41, 5.74) is 12.8. The zero-order chi connectivity index (χ0) is 28.6. The van der Waals surface area contributed by atoms with Crippen molar-refractivity contribution in [2.45, 2.75) is 57.3 Å². The first-order valence-corrected chi connectivity index (χ1v) is 11.7. The number of primary amides is 1. The first kappa shape index (κ1) is 29.8. The molecule has 0 spiro atoms. The first-order valence-electron chi connectivity index (χ1n) is 11.7. The number of H-pyrrole nitrogens is 1. The molecule has 4 atom stereocenters. The van der Waals surface area contributed by atoms with Crippen LogP contribution in [0.25, 0.3) is 10.9 Å². The van der Waals surface area contributed by atoms with Crippen LogP contribution in [0.2, 0.25) is 0 Å². The van der Waals surface area contributed by atoms with Crippen LogP contribution in [0.4, 0.5) is 0 Å². The first-order chi connectivity index (χ1) is 17.8. The average Bonchev–Trinajstić information content (AvgIpc) is 3.23. The molecule has 0 aliphatic carbocycles. The number of hydrogen-bond donors (Lipinski definition) is 8. The van der Waals surface area contributed by atoms with Crippen LogP contribution >= 0.6 is 0 Å². The molecular formula is C24H32N6O8. The lowest BCUT2D eigenvalue weighted by molar-refractivity contribution is -0.144. The quantitative estimate of drug-likeness (QED) is 0.142. The Bertz CT molecular complexity index is 1210. The number of aliphatic carboxylic acids is 2. The normalized spacial score (nSPS) is 14.2. The average molecular weight is 533 g/mol. The number of aromatic amines is 1. The van der Waals surface area contributed by atoms with Gasteiger partial charge < -0.3 is 42.6 Å². The number of rotatable bonds is 14. The zero-order valence-corrected chi connectivity index (χ0v) is 20.9. The maximum Gasteiger partial charge on any atom is 0.326 e. The van der Waals surface area contributed by atoms with Crippen molar-refractivity contribution < 1.29 is 39.0 Å². The number of aromatic nitrogens is 1. The lowest BCUT2D eigenvalue weighted by Gasteiger charge is -2.25. The maximum atomic E-state index is 12.9. The summed E-state index contributed by atoms with van der Waals surface area (Å²) in [5.74, 6) is -7.24. The van der Waals surface area contributed by atoms with Crippen molar-refractivity contribution in [1.82, 2.24) is 20.9 Å². The molecule has 2 aromatic rings. The fourth-order valence-corrected chi connectivity index (χ4v) is 3.74. The van der Waals surface area contributed by atoms with Gasteiger partial charge >= 0.3 is 11.9 Å². The van der Waals surface area contributed by atoms with Crippen molar-refractivity contribution >= 4 is 46.5 Å². The highest BCUT2D eigenvalue weighted by Crippen LogP contribution is 2.18. The number of benzene rings is 1. The second-order valence-electron chi connectivity index (χ2n) is 9.13. The van der Waals surface area contributed by atoms with Gasteiger partial charge in [-0.25, -0.2) is 4.79 Å². The van der Waals surface area contributed by atoms with Crippen molar-refractivity contribution in [1.29, 1.82) is 0 Å². The van der Waals surface area contributed by atoms with E-state index in [2.05, 4.69) is 20.9 Å². The highest BCUT2D eigenvalue weighted by molar-refractivity contribution is 5.97. The van der Waals surface area contributed by atoms with Gasteiger partial charge in [0, 0.05) is 17.1 Å². The molecule has 0 fully saturated rings. The molecule has 2 rings (SSSR count). The predicted octanol–water partition coefficient (Wildman–Crippen LogP) is -1.42. The van der Waals surface area contributed by atoms with E-state index in [1.807, 2.05) is 24.3 Å². The Kier molecular flexibility index (Phi) is 10.3. The van der Waals surface area contributed by atoms with E-state index in [1.54, 1.807) is 6.20 Å². The van der Waals surface area contributed by atoms with Gasteiger partial charge in [-0.1, -0.05) is 32.0 Å². The molecule has 0 saturated carbocycles. The molecule has 1 heterocycles. The highest BCUT2D eigenvalue weighted by atomic mass is 16.4. The highest BCUT2D eigenvalue weighted by Gasteiger charge is 2.33. The minimum absolute atomic E-state index is 0.0938. The molecule has 14 heteroatoms. The van der Waals surface area contributed by atoms with E-state index in [4.69, 9.17) is 11.5 Å². The molecule has 1 aromatic heterocycles. The third kappa shape index (κ3) is 8.30. The number of amides is 4. The molecule has 4 unspecified atom stereocenters. The molecule has 1 aromatic carbocycles. The summed E-state index contributed by atoms with van der Waals surface area (Å²) in [4.78, 5) is 75.7. The molecular weight excluding hydrogens is 500 g/mol. The fourth-order valence-electron chi connectivity index (χ4n) is 3.74. The van der Waals surface area contributed by atoms with Gasteiger partial charge in [-0.05, 0) is 24.0 Å². The van der Waals surface area contributed by atoms with Gasteiger partial charge in [0.05, 0.1) is 18.9 Å². The summed E-state index contributed by atoms with van der Waals surface area (Å²) in [6.07, 6.45) is 0.237. The number of nitrogens with one attached hydrogen (secondary N) is 4. The molecule has 14 nitrogen and oxygen atoms in total. The molecule has 0 bridgehead atoms. The molecule has 0 aliphatic heterocycles. The van der Waals surface area contributed by atoms with Crippen LogP contribution in [0.3, 0.4) is 0 Å². The van der Waals surface area contributed by atoms with Gasteiger partial charge in [-0.3, -0.25) is 24.0 Å². The molecule has 38 heavy (non-hydrogen) atoms. The van der Waals surface area contributed by atoms with Crippen LogP contribution in [0, 0.1) is 5.92 Å². The molecule has 4 amide bonds. The Morgan fingerprint density at radius 1 is 0.895 bits per heavy atom. The van der Waals surface area contributed by atoms with Crippen LogP contribution in [0.15, 0.2) is 30.5 Å². The van der Waals surface area contributed by atoms with Gasteiger partial charge in [0.15, 0.2) is 0 Å². The second-order valence-corrected chi connectivity index (χ2v) is 9.13. The number of fused-ring (bicyclic) bond motifs is 1. The number of para-hydroxylation sites is 1. The van der Waals surface area contributed by atoms with Crippen molar-refractivity contribution in [3.63, 3.8) is 0 Å². The molecule has 206 valence electrons. The number of hydrogen-bond acceptors (Lipinski definition) is 7. The molecule has 0 radical (unpaired) electrons. The van der Waals surface area contributed by atoms with Gasteiger partial charge in [0.1, 0.15) is 18.1 Å². The minimum atomic E-state index is -1.70. The smallest absolute Gasteiger partial charge is 0.326 e. The van der Waals surface area contributed by atoms with Crippen molar-refractivity contribution in [3.05, 3.63) is 36.0 Å². The van der Waals surface area contributed by atoms with Crippen LogP contribution in [0.1, 0.15) is 32.3 Å². The van der Waals surface area contributed by atoms with Crippen molar-refractivity contribution in [2.75, 3.05) is 0 Å². The summed E-state index contributed by atoms with van der Waals surface area (Å²) < 4.78 is 0. The lowest BCUT2D eigenvalue weighted by Crippen LogP contribution is -2.58. The third-order valence-corrected chi connectivity index (χ3v) is 5.73. The number of carbonyl (C=O) groups excluding carboxylic acids is 4. The minimum Gasteiger partial charge on any atom is -0.481 e. The summed E-state index contributed by atoms with van der Waals surface area (Å²) in [6, 6.07) is 1.61. The lowest BCUT2D eigenvalue weighted by atomic mass is 10.0. The zero-order valence-electron chi connectivity index (χ0n) is 20.9. The summed E-state index contributed by atoms with van der Waals surface area (Å²) >= 11 is 0. The summed E-state index contributed by atoms with van der Waals surface area (Å²) in [5, 5.41) is 26.0. The molecule has 0 aliphatic rings. The van der Waals surface area contributed by atoms with E-state index in [0.29, 0.717) is 0 Å². The van der Waals surface area contributed by atoms with Crippen LogP contribution in [-0.2, 0) is 35.2 Å². The summed E-state index contributed by atoms with van der Waals surface area (Å²) in [6.45, 7) is 3.06. The third-order valence-electron chi connectivity index (χ3n) is 5.73. The Morgan fingerprint density at radius 3 is 2.05 bits per heavy atom. The van der Waals surface area contributed by atoms with E-state index in [1.165, 1.54) is 13.8 Å². The van der Waals surface area contributed by atoms with E-state index in [-0.39, 0.29) is 6.42 Å². The van der Waals surface area contributed by atoms with E-state index >= 15 is 0 Å². The second kappa shape index (κ2) is 13.2. The van der Waals surface area contributed by atoms with Gasteiger partial charge in [0.25, 0.3) is 0 Å². The Hall–Kier alpha value is -4.46. The number of carboxylic acids is 2. The SMILES string of the molecule is CC(C)C(NC(=O)C(CC(=O)O)NC(=O)C(CC(N)=O)NC(=O)C(N)Cc1c[nH]c2ccccc12)C(=O)O. The topological polar surface area (TPSA) is 247 Å². The van der Waals surface area contributed by atoms with Gasteiger partial charge in [-0.2, -0.15) is 0 Å². The Labute approximate surface area is 217 Å². The van der Waals surface area contributed by atoms with Crippen molar-refractivity contribution in [2.24, 2.45) is 17.4 Å². The fraction of sp³-hybridized carbons (Fsp3) is 0.417. The molecule has 0 saturated heterocycles. The van der Waals surface area contributed by atoms with Gasteiger partial charge in [-0.15, -0.1) is 0 Å². The van der Waals surface area contributed by atoms with Crippen LogP contribution < -0.4 is 27.4 Å². The van der Waals surface area contributed by atoms with E-state index in [9.17, 15) is 39.0 Å². The maximum absolute atomic E-state index is 12.9. The number of carbonyl (C=O) groups is 6. The van der Waals surface area contributed by atoms with E-state index < -0.39 is 78.5 Å². The van der Waals surface area contributed by atoms with Crippen LogP contribution in [0.5, 0.6) is 0 Å². The Balaban J connectivity index is 2.15. The number of carboxylic acid groups (broad SMARTS) is 2. The van der Waals surface area contributed by atoms with Crippen LogP contribution in [-0.4, -0.2) is 74.9 Å². The monoisotopic (exact) mass is 532 g/mol. The van der Waals surface area contributed by atoms with E-state index in [0.717, 1.165) is 16.5 Å². The van der Waals surface area contributed by atoms with Crippen molar-refractivity contribution in [3.8, 4) is 0 Å². The Morgan fingerprint density at radius 2 is 1.47 bits per heavy atom.